The fraction of sp³-hybridized carbons (Fsp3) is 0.375. The maximum Gasteiger partial charge on any atom is 0.256 e. The lowest BCUT2D eigenvalue weighted by molar-refractivity contribution is 0.0115. The minimum atomic E-state index is 0.0409. The SMILES string of the molecule is C=CC1=C(N=C)OC(C)CO1. The minimum absolute atomic E-state index is 0.0409. The highest BCUT2D eigenvalue weighted by Crippen LogP contribution is 2.18. The maximum absolute atomic E-state index is 5.29. The maximum atomic E-state index is 5.29. The summed E-state index contributed by atoms with van der Waals surface area (Å²) in [6.07, 6.45) is 1.61. The molecule has 0 saturated heterocycles. The van der Waals surface area contributed by atoms with E-state index in [0.29, 0.717) is 18.2 Å². The predicted octanol–water partition coefficient (Wildman–Crippen LogP) is 1.48. The number of hydrogen-bond acceptors (Lipinski definition) is 3. The third kappa shape index (κ3) is 1.61. The highest BCUT2D eigenvalue weighted by atomic mass is 16.6. The van der Waals surface area contributed by atoms with Crippen molar-refractivity contribution in [1.82, 2.24) is 0 Å². The molecule has 0 saturated carbocycles. The summed E-state index contributed by atoms with van der Waals surface area (Å²) in [6.45, 7) is 9.36. The molecule has 60 valence electrons. The molecule has 0 aromatic carbocycles. The average Bonchev–Trinajstić information content (AvgIpc) is 2.04. The van der Waals surface area contributed by atoms with Gasteiger partial charge in [-0.25, -0.2) is 4.99 Å². The van der Waals surface area contributed by atoms with Gasteiger partial charge in [-0.05, 0) is 19.7 Å². The van der Waals surface area contributed by atoms with Crippen molar-refractivity contribution < 1.29 is 9.47 Å². The van der Waals surface area contributed by atoms with Crippen LogP contribution < -0.4 is 0 Å². The first-order chi connectivity index (χ1) is 5.27. The van der Waals surface area contributed by atoms with E-state index in [1.807, 2.05) is 6.92 Å². The molecule has 0 aliphatic carbocycles. The fourth-order valence-electron chi connectivity index (χ4n) is 0.813. The van der Waals surface area contributed by atoms with E-state index in [9.17, 15) is 0 Å². The number of ether oxygens (including phenoxy) is 2. The van der Waals surface area contributed by atoms with Crippen molar-refractivity contribution in [2.24, 2.45) is 4.99 Å². The summed E-state index contributed by atoms with van der Waals surface area (Å²) in [4.78, 5) is 3.66. The summed E-state index contributed by atoms with van der Waals surface area (Å²) in [6, 6.07) is 0. The fourth-order valence-corrected chi connectivity index (χ4v) is 0.813. The van der Waals surface area contributed by atoms with Crippen molar-refractivity contribution in [3.05, 3.63) is 24.3 Å². The van der Waals surface area contributed by atoms with E-state index in [1.54, 1.807) is 6.08 Å². The zero-order valence-electron chi connectivity index (χ0n) is 6.54. The quantitative estimate of drug-likeness (QED) is 0.562. The van der Waals surface area contributed by atoms with E-state index in [1.165, 1.54) is 0 Å². The number of hydrogen-bond donors (Lipinski definition) is 0. The van der Waals surface area contributed by atoms with E-state index in [4.69, 9.17) is 9.47 Å². The van der Waals surface area contributed by atoms with Crippen LogP contribution in [0.1, 0.15) is 6.92 Å². The van der Waals surface area contributed by atoms with Crippen LogP contribution >= 0.6 is 0 Å². The molecule has 3 heteroatoms. The summed E-state index contributed by atoms with van der Waals surface area (Å²) in [7, 11) is 0. The zero-order valence-corrected chi connectivity index (χ0v) is 6.54. The summed E-state index contributed by atoms with van der Waals surface area (Å²) >= 11 is 0. The standard InChI is InChI=1S/C8H11NO2/c1-4-7-8(9-3)11-6(2)5-10-7/h4,6H,1,3,5H2,2H3. The van der Waals surface area contributed by atoms with Gasteiger partial charge in [-0.2, -0.15) is 0 Å². The van der Waals surface area contributed by atoms with Gasteiger partial charge >= 0.3 is 0 Å². The van der Waals surface area contributed by atoms with E-state index in [-0.39, 0.29) is 6.10 Å². The van der Waals surface area contributed by atoms with Gasteiger partial charge in [-0.15, -0.1) is 0 Å². The summed E-state index contributed by atoms with van der Waals surface area (Å²) in [5.41, 5.74) is 0. The second kappa shape index (κ2) is 3.23. The zero-order chi connectivity index (χ0) is 8.27. The lowest BCUT2D eigenvalue weighted by Gasteiger charge is -2.22. The number of allylic oxidation sites excluding steroid dienone is 1. The smallest absolute Gasteiger partial charge is 0.256 e. The molecule has 1 aliphatic rings. The van der Waals surface area contributed by atoms with Crippen LogP contribution in [0, 0.1) is 0 Å². The second-order valence-electron chi connectivity index (χ2n) is 2.27. The first-order valence-corrected chi connectivity index (χ1v) is 3.40. The van der Waals surface area contributed by atoms with Crippen LogP contribution in [-0.4, -0.2) is 19.4 Å². The number of nitrogens with zero attached hydrogens (tertiary/aromatic N) is 1. The molecule has 0 aromatic heterocycles. The van der Waals surface area contributed by atoms with Crippen molar-refractivity contribution in [2.45, 2.75) is 13.0 Å². The molecule has 1 rings (SSSR count). The summed E-state index contributed by atoms with van der Waals surface area (Å²) in [5.74, 6) is 0.997. The molecule has 0 radical (unpaired) electrons. The Labute approximate surface area is 66.0 Å². The van der Waals surface area contributed by atoms with Crippen LogP contribution in [-0.2, 0) is 9.47 Å². The molecule has 0 fully saturated rings. The Morgan fingerprint density at radius 3 is 3.00 bits per heavy atom. The third-order valence-corrected chi connectivity index (χ3v) is 1.33. The van der Waals surface area contributed by atoms with Crippen molar-refractivity contribution in [1.29, 1.82) is 0 Å². The van der Waals surface area contributed by atoms with E-state index < -0.39 is 0 Å². The van der Waals surface area contributed by atoms with Gasteiger partial charge in [0.05, 0.1) is 0 Å². The monoisotopic (exact) mass is 153 g/mol. The molecule has 0 bridgehead atoms. The first kappa shape index (κ1) is 7.85. The van der Waals surface area contributed by atoms with Crippen LogP contribution in [0.3, 0.4) is 0 Å². The molecule has 0 N–H and O–H groups in total. The van der Waals surface area contributed by atoms with E-state index >= 15 is 0 Å². The highest BCUT2D eigenvalue weighted by Gasteiger charge is 2.16. The van der Waals surface area contributed by atoms with Crippen LogP contribution in [0.25, 0.3) is 0 Å². The Balaban J connectivity index is 2.82. The average molecular weight is 153 g/mol. The Kier molecular flexibility index (Phi) is 2.31. The van der Waals surface area contributed by atoms with E-state index in [0.717, 1.165) is 0 Å². The third-order valence-electron chi connectivity index (χ3n) is 1.33. The summed E-state index contributed by atoms with van der Waals surface area (Å²) < 4.78 is 10.5. The molecule has 3 nitrogen and oxygen atoms in total. The van der Waals surface area contributed by atoms with Gasteiger partial charge in [0.1, 0.15) is 12.7 Å². The molecule has 1 heterocycles. The molecular weight excluding hydrogens is 142 g/mol. The lowest BCUT2D eigenvalue weighted by atomic mass is 10.4. The molecule has 1 unspecified atom stereocenters. The van der Waals surface area contributed by atoms with Crippen LogP contribution in [0.15, 0.2) is 29.3 Å². The minimum Gasteiger partial charge on any atom is -0.484 e. The van der Waals surface area contributed by atoms with Crippen molar-refractivity contribution >= 4 is 6.72 Å². The van der Waals surface area contributed by atoms with Gasteiger partial charge in [-0.1, -0.05) is 6.58 Å². The molecule has 11 heavy (non-hydrogen) atoms. The summed E-state index contributed by atoms with van der Waals surface area (Å²) in [5, 5.41) is 0. The van der Waals surface area contributed by atoms with Gasteiger partial charge in [0, 0.05) is 0 Å². The lowest BCUT2D eigenvalue weighted by Crippen LogP contribution is -2.21. The van der Waals surface area contributed by atoms with Crippen LogP contribution in [0.4, 0.5) is 0 Å². The predicted molar refractivity (Wildman–Crippen MR) is 43.3 cm³/mol. The topological polar surface area (TPSA) is 30.8 Å². The van der Waals surface area contributed by atoms with Crippen molar-refractivity contribution in [2.75, 3.05) is 6.61 Å². The number of aliphatic imine (C=N–C) groups is 1. The highest BCUT2D eigenvalue weighted by molar-refractivity contribution is 5.30. The van der Waals surface area contributed by atoms with Gasteiger partial charge < -0.3 is 9.47 Å². The van der Waals surface area contributed by atoms with Crippen molar-refractivity contribution in [3.8, 4) is 0 Å². The van der Waals surface area contributed by atoms with Gasteiger partial charge in [-0.3, -0.25) is 0 Å². The molecule has 0 amide bonds. The van der Waals surface area contributed by atoms with Crippen LogP contribution in [0.2, 0.25) is 0 Å². The molecule has 1 atom stereocenters. The Hall–Kier alpha value is -1.25. The normalized spacial score (nSPS) is 23.5. The largest absolute Gasteiger partial charge is 0.484 e. The first-order valence-electron chi connectivity index (χ1n) is 3.40. The molecule has 0 aromatic rings. The molecule has 1 aliphatic heterocycles. The Bertz CT molecular complexity index is 208. The second-order valence-corrected chi connectivity index (χ2v) is 2.27. The van der Waals surface area contributed by atoms with Crippen LogP contribution in [0.5, 0.6) is 0 Å². The Morgan fingerprint density at radius 1 is 1.73 bits per heavy atom. The Morgan fingerprint density at radius 2 is 2.45 bits per heavy atom. The van der Waals surface area contributed by atoms with E-state index in [2.05, 4.69) is 18.3 Å². The van der Waals surface area contributed by atoms with Gasteiger partial charge in [0.15, 0.2) is 5.76 Å². The molecule has 0 spiro atoms. The number of rotatable bonds is 2. The molecular formula is C8H11NO2. The van der Waals surface area contributed by atoms with Gasteiger partial charge in [0.25, 0.3) is 5.88 Å². The van der Waals surface area contributed by atoms with Crippen molar-refractivity contribution in [3.63, 3.8) is 0 Å². The van der Waals surface area contributed by atoms with Gasteiger partial charge in [0.2, 0.25) is 0 Å².